The highest BCUT2D eigenvalue weighted by atomic mass is 32.1. The van der Waals surface area contributed by atoms with E-state index in [0.29, 0.717) is 18.2 Å². The van der Waals surface area contributed by atoms with Gasteiger partial charge in [0.25, 0.3) is 0 Å². The molecule has 0 amide bonds. The number of rotatable bonds is 5. The van der Waals surface area contributed by atoms with Crippen LogP contribution in [0.2, 0.25) is 0 Å². The number of nitrogens with zero attached hydrogens (tertiary/aromatic N) is 2. The lowest BCUT2D eigenvalue weighted by atomic mass is 9.99. The van der Waals surface area contributed by atoms with Gasteiger partial charge in [0.2, 0.25) is 0 Å². The third kappa shape index (κ3) is 4.18. The fourth-order valence-corrected chi connectivity index (χ4v) is 3.02. The lowest BCUT2D eigenvalue weighted by Gasteiger charge is -2.29. The zero-order valence-corrected chi connectivity index (χ0v) is 12.3. The summed E-state index contributed by atoms with van der Waals surface area (Å²) in [6, 6.07) is 0. The molecule has 1 aliphatic rings. The smallest absolute Gasteiger partial charge is 0.357 e. The van der Waals surface area contributed by atoms with Gasteiger partial charge in [0.05, 0.1) is 6.61 Å². The molecule has 0 spiro atoms. The Kier molecular flexibility index (Phi) is 5.15. The van der Waals surface area contributed by atoms with Crippen LogP contribution >= 0.6 is 11.3 Å². The molecule has 1 aliphatic heterocycles. The Hall–Kier alpha value is -1.14. The van der Waals surface area contributed by atoms with Gasteiger partial charge in [0.1, 0.15) is 0 Å². The monoisotopic (exact) mass is 283 g/mol. The van der Waals surface area contributed by atoms with Gasteiger partial charge in [0.15, 0.2) is 10.8 Å². The quantitative estimate of drug-likeness (QED) is 0.838. The number of aromatic nitrogens is 1. The molecule has 1 atom stereocenters. The van der Waals surface area contributed by atoms with Gasteiger partial charge in [-0.2, -0.15) is 0 Å². The van der Waals surface area contributed by atoms with E-state index in [9.17, 15) is 4.79 Å². The molecule has 2 heterocycles. The van der Waals surface area contributed by atoms with Crippen LogP contribution in [0.1, 0.15) is 30.3 Å². The van der Waals surface area contributed by atoms with E-state index >= 15 is 0 Å². The third-order valence-electron chi connectivity index (χ3n) is 3.25. The van der Waals surface area contributed by atoms with Gasteiger partial charge in [-0.15, -0.1) is 11.3 Å². The third-order valence-corrected chi connectivity index (χ3v) is 4.05. The van der Waals surface area contributed by atoms with Crippen LogP contribution in [0.3, 0.4) is 0 Å². The van der Waals surface area contributed by atoms with E-state index in [2.05, 4.69) is 22.2 Å². The van der Waals surface area contributed by atoms with E-state index in [1.54, 1.807) is 12.3 Å². The molecule has 5 nitrogen and oxygen atoms in total. The van der Waals surface area contributed by atoms with Crippen molar-refractivity contribution in [1.82, 2.24) is 9.88 Å². The van der Waals surface area contributed by atoms with E-state index in [4.69, 9.17) is 4.74 Å². The summed E-state index contributed by atoms with van der Waals surface area (Å²) in [7, 11) is 2.16. The highest BCUT2D eigenvalue weighted by Crippen LogP contribution is 2.19. The fourth-order valence-electron chi connectivity index (χ4n) is 2.33. The standard InChI is InChI=1S/C13H21N3O2S/c1-3-18-12(17)11-9-19-13(15-11)14-7-10-5-4-6-16(2)8-10/h9-10H,3-8H2,1-2H3,(H,14,15). The molecule has 1 saturated heterocycles. The number of likely N-dealkylation sites (tertiary alicyclic amines) is 1. The van der Waals surface area contributed by atoms with E-state index in [-0.39, 0.29) is 5.97 Å². The summed E-state index contributed by atoms with van der Waals surface area (Å²) in [6.07, 6.45) is 2.52. The minimum absolute atomic E-state index is 0.343. The van der Waals surface area contributed by atoms with Crippen LogP contribution in [-0.4, -0.2) is 49.1 Å². The number of ether oxygens (including phenoxy) is 1. The summed E-state index contributed by atoms with van der Waals surface area (Å²) in [6.45, 7) is 5.42. The van der Waals surface area contributed by atoms with Crippen molar-refractivity contribution >= 4 is 22.4 Å². The van der Waals surface area contributed by atoms with Crippen LogP contribution in [0.4, 0.5) is 5.13 Å². The summed E-state index contributed by atoms with van der Waals surface area (Å²) < 4.78 is 4.92. The number of carbonyl (C=O) groups is 1. The van der Waals surface area contributed by atoms with Crippen LogP contribution < -0.4 is 5.32 Å². The van der Waals surface area contributed by atoms with E-state index in [0.717, 1.165) is 18.2 Å². The molecular formula is C13H21N3O2S. The van der Waals surface area contributed by atoms with Crippen molar-refractivity contribution in [2.45, 2.75) is 19.8 Å². The van der Waals surface area contributed by atoms with Crippen molar-refractivity contribution in [3.05, 3.63) is 11.1 Å². The fraction of sp³-hybridized carbons (Fsp3) is 0.692. The lowest BCUT2D eigenvalue weighted by Crippen LogP contribution is -2.35. The van der Waals surface area contributed by atoms with E-state index < -0.39 is 0 Å². The molecule has 1 N–H and O–H groups in total. The molecule has 0 radical (unpaired) electrons. The lowest BCUT2D eigenvalue weighted by molar-refractivity contribution is 0.0520. The van der Waals surface area contributed by atoms with Crippen LogP contribution in [0.5, 0.6) is 0 Å². The number of nitrogens with one attached hydrogen (secondary N) is 1. The first-order valence-corrected chi connectivity index (χ1v) is 7.62. The molecule has 0 saturated carbocycles. The minimum atomic E-state index is -0.343. The Morgan fingerprint density at radius 1 is 1.68 bits per heavy atom. The summed E-state index contributed by atoms with van der Waals surface area (Å²) in [5.74, 6) is 0.317. The second-order valence-electron chi connectivity index (χ2n) is 4.91. The maximum Gasteiger partial charge on any atom is 0.357 e. The van der Waals surface area contributed by atoms with Crippen molar-refractivity contribution in [3.63, 3.8) is 0 Å². The molecule has 106 valence electrons. The zero-order valence-electron chi connectivity index (χ0n) is 11.5. The predicted octanol–water partition coefficient (Wildman–Crippen LogP) is 2.07. The molecule has 1 fully saturated rings. The predicted molar refractivity (Wildman–Crippen MR) is 76.8 cm³/mol. The topological polar surface area (TPSA) is 54.5 Å². The molecule has 6 heteroatoms. The van der Waals surface area contributed by atoms with Gasteiger partial charge in [-0.25, -0.2) is 9.78 Å². The Balaban J connectivity index is 1.81. The minimum Gasteiger partial charge on any atom is -0.461 e. The first kappa shape index (κ1) is 14.3. The number of hydrogen-bond donors (Lipinski definition) is 1. The van der Waals surface area contributed by atoms with Gasteiger partial charge < -0.3 is 15.0 Å². The summed E-state index contributed by atoms with van der Waals surface area (Å²) in [5.41, 5.74) is 0.398. The Bertz CT molecular complexity index is 422. The van der Waals surface area contributed by atoms with Crippen LogP contribution in [0.25, 0.3) is 0 Å². The van der Waals surface area contributed by atoms with Gasteiger partial charge >= 0.3 is 5.97 Å². The molecule has 1 unspecified atom stereocenters. The molecule has 0 aliphatic carbocycles. The molecule has 2 rings (SSSR count). The second kappa shape index (κ2) is 6.86. The highest BCUT2D eigenvalue weighted by Gasteiger charge is 2.17. The first-order valence-electron chi connectivity index (χ1n) is 6.74. The zero-order chi connectivity index (χ0) is 13.7. The van der Waals surface area contributed by atoms with Gasteiger partial charge in [-0.1, -0.05) is 0 Å². The average Bonchev–Trinajstić information content (AvgIpc) is 2.86. The highest BCUT2D eigenvalue weighted by molar-refractivity contribution is 7.13. The Morgan fingerprint density at radius 3 is 3.26 bits per heavy atom. The van der Waals surface area contributed by atoms with Crippen molar-refractivity contribution in [1.29, 1.82) is 0 Å². The number of thiazole rings is 1. The van der Waals surface area contributed by atoms with Crippen molar-refractivity contribution < 1.29 is 9.53 Å². The van der Waals surface area contributed by atoms with Gasteiger partial charge in [0, 0.05) is 18.5 Å². The SMILES string of the molecule is CCOC(=O)c1csc(NCC2CCCN(C)C2)n1. The second-order valence-corrected chi connectivity index (χ2v) is 5.77. The molecule has 1 aromatic rings. The summed E-state index contributed by atoms with van der Waals surface area (Å²) in [4.78, 5) is 18.1. The average molecular weight is 283 g/mol. The molecule has 19 heavy (non-hydrogen) atoms. The van der Waals surface area contributed by atoms with Crippen molar-refractivity contribution in [3.8, 4) is 0 Å². The molecule has 0 bridgehead atoms. The number of piperidine rings is 1. The number of hydrogen-bond acceptors (Lipinski definition) is 6. The van der Waals surface area contributed by atoms with Crippen LogP contribution in [0, 0.1) is 5.92 Å². The summed E-state index contributed by atoms with van der Waals surface area (Å²) >= 11 is 1.46. The summed E-state index contributed by atoms with van der Waals surface area (Å²) in [5, 5.41) is 5.87. The van der Waals surface area contributed by atoms with Gasteiger partial charge in [-0.3, -0.25) is 0 Å². The van der Waals surface area contributed by atoms with E-state index in [1.165, 1.54) is 30.7 Å². The molecule has 0 aromatic carbocycles. The van der Waals surface area contributed by atoms with E-state index in [1.807, 2.05) is 0 Å². The van der Waals surface area contributed by atoms with Crippen molar-refractivity contribution in [2.24, 2.45) is 5.92 Å². The Morgan fingerprint density at radius 2 is 2.53 bits per heavy atom. The van der Waals surface area contributed by atoms with Crippen molar-refractivity contribution in [2.75, 3.05) is 38.6 Å². The first-order chi connectivity index (χ1) is 9.19. The Labute approximate surface area is 118 Å². The number of anilines is 1. The maximum absolute atomic E-state index is 11.5. The molecular weight excluding hydrogens is 262 g/mol. The van der Waals surface area contributed by atoms with Gasteiger partial charge in [-0.05, 0) is 39.3 Å². The maximum atomic E-state index is 11.5. The number of carbonyl (C=O) groups excluding carboxylic acids is 1. The number of esters is 1. The molecule has 1 aromatic heterocycles. The largest absolute Gasteiger partial charge is 0.461 e. The van der Waals surface area contributed by atoms with Crippen LogP contribution in [-0.2, 0) is 4.74 Å². The van der Waals surface area contributed by atoms with Crippen LogP contribution in [0.15, 0.2) is 5.38 Å². The normalized spacial score (nSPS) is 20.2.